The molecule has 0 unspecified atom stereocenters. The summed E-state index contributed by atoms with van der Waals surface area (Å²) in [5.41, 5.74) is 0.843. The summed E-state index contributed by atoms with van der Waals surface area (Å²) in [5, 5.41) is 14.5. The van der Waals surface area contributed by atoms with Crippen LogP contribution in [0.15, 0.2) is 69.3 Å². The van der Waals surface area contributed by atoms with Crippen molar-refractivity contribution in [3.8, 4) is 17.5 Å². The van der Waals surface area contributed by atoms with Crippen LogP contribution in [0, 0.1) is 18.3 Å². The highest BCUT2D eigenvalue weighted by Gasteiger charge is 2.16. The maximum absolute atomic E-state index is 12.6. The van der Waals surface area contributed by atoms with E-state index in [2.05, 4.69) is 5.10 Å². The first-order chi connectivity index (χ1) is 12.1. The second kappa shape index (κ2) is 7.24. The van der Waals surface area contributed by atoms with Crippen molar-refractivity contribution >= 4 is 11.8 Å². The number of methoxy groups -OCH3 is 1. The lowest BCUT2D eigenvalue weighted by Gasteiger charge is -2.11. The predicted octanol–water partition coefficient (Wildman–Crippen LogP) is 3.57. The molecule has 3 aromatic rings. The summed E-state index contributed by atoms with van der Waals surface area (Å²) in [6, 6.07) is 18.7. The average molecular weight is 349 g/mol. The molecule has 0 amide bonds. The standard InChI is InChI=1S/C19H15N3O2S/c1-13-17(12-20)19(23)22(14-8-10-15(24-2)11-9-14)21-18(13)25-16-6-4-3-5-7-16/h3-11H,1-2H3. The Morgan fingerprint density at radius 2 is 1.80 bits per heavy atom. The molecular formula is C19H15N3O2S. The highest BCUT2D eigenvalue weighted by molar-refractivity contribution is 7.99. The molecule has 124 valence electrons. The van der Waals surface area contributed by atoms with E-state index in [4.69, 9.17) is 4.74 Å². The molecule has 2 aromatic carbocycles. The molecule has 5 nitrogen and oxygen atoms in total. The molecule has 1 aromatic heterocycles. The molecule has 0 aliphatic carbocycles. The van der Waals surface area contributed by atoms with Crippen LogP contribution in [0.5, 0.6) is 5.75 Å². The van der Waals surface area contributed by atoms with E-state index in [9.17, 15) is 10.1 Å². The second-order valence-corrected chi connectivity index (χ2v) is 6.31. The molecule has 1 heterocycles. The lowest BCUT2D eigenvalue weighted by Crippen LogP contribution is -2.25. The molecule has 0 saturated carbocycles. The van der Waals surface area contributed by atoms with Crippen molar-refractivity contribution in [2.75, 3.05) is 7.11 Å². The summed E-state index contributed by atoms with van der Waals surface area (Å²) in [7, 11) is 1.58. The van der Waals surface area contributed by atoms with E-state index in [1.54, 1.807) is 38.3 Å². The van der Waals surface area contributed by atoms with Crippen LogP contribution in [0.1, 0.15) is 11.1 Å². The topological polar surface area (TPSA) is 67.9 Å². The van der Waals surface area contributed by atoms with E-state index in [-0.39, 0.29) is 5.56 Å². The number of ether oxygens (including phenoxy) is 1. The summed E-state index contributed by atoms with van der Waals surface area (Å²) >= 11 is 1.42. The molecule has 0 bridgehead atoms. The number of hydrogen-bond acceptors (Lipinski definition) is 5. The zero-order valence-corrected chi connectivity index (χ0v) is 14.6. The van der Waals surface area contributed by atoms with Crippen molar-refractivity contribution in [3.63, 3.8) is 0 Å². The zero-order valence-electron chi connectivity index (χ0n) is 13.8. The van der Waals surface area contributed by atoms with Gasteiger partial charge in [0, 0.05) is 10.5 Å². The first-order valence-corrected chi connectivity index (χ1v) is 8.37. The number of nitrogens with zero attached hydrogens (tertiary/aromatic N) is 3. The first-order valence-electron chi connectivity index (χ1n) is 7.55. The summed E-state index contributed by atoms with van der Waals surface area (Å²) in [6.07, 6.45) is 0. The van der Waals surface area contributed by atoms with Gasteiger partial charge in [0.05, 0.1) is 12.8 Å². The maximum Gasteiger partial charge on any atom is 0.289 e. The Bertz CT molecular complexity index is 990. The van der Waals surface area contributed by atoms with Crippen molar-refractivity contribution in [1.82, 2.24) is 9.78 Å². The minimum atomic E-state index is -0.428. The molecule has 0 aliphatic heterocycles. The monoisotopic (exact) mass is 349 g/mol. The van der Waals surface area contributed by atoms with Crippen LogP contribution < -0.4 is 10.3 Å². The van der Waals surface area contributed by atoms with Gasteiger partial charge in [0.15, 0.2) is 0 Å². The highest BCUT2D eigenvalue weighted by Crippen LogP contribution is 2.29. The number of nitriles is 1. The minimum Gasteiger partial charge on any atom is -0.497 e. The Kier molecular flexibility index (Phi) is 4.87. The van der Waals surface area contributed by atoms with Crippen molar-refractivity contribution in [2.24, 2.45) is 0 Å². The third kappa shape index (κ3) is 3.42. The van der Waals surface area contributed by atoms with Gasteiger partial charge in [-0.15, -0.1) is 0 Å². The quantitative estimate of drug-likeness (QED) is 0.720. The predicted molar refractivity (Wildman–Crippen MR) is 96.4 cm³/mol. The summed E-state index contributed by atoms with van der Waals surface area (Å²) in [5.74, 6) is 0.684. The van der Waals surface area contributed by atoms with E-state index in [0.29, 0.717) is 22.0 Å². The fourth-order valence-corrected chi connectivity index (χ4v) is 3.21. The fraction of sp³-hybridized carbons (Fsp3) is 0.105. The van der Waals surface area contributed by atoms with Crippen molar-refractivity contribution in [2.45, 2.75) is 16.8 Å². The Morgan fingerprint density at radius 1 is 1.12 bits per heavy atom. The van der Waals surface area contributed by atoms with Gasteiger partial charge in [-0.1, -0.05) is 30.0 Å². The Morgan fingerprint density at radius 3 is 2.40 bits per heavy atom. The summed E-state index contributed by atoms with van der Waals surface area (Å²) in [6.45, 7) is 1.75. The van der Waals surface area contributed by atoms with Gasteiger partial charge in [-0.05, 0) is 43.3 Å². The Hall–Kier alpha value is -3.04. The van der Waals surface area contributed by atoms with Crippen molar-refractivity contribution < 1.29 is 4.74 Å². The van der Waals surface area contributed by atoms with Crippen molar-refractivity contribution in [3.05, 3.63) is 76.1 Å². The number of rotatable bonds is 4. The van der Waals surface area contributed by atoms with Crippen LogP contribution in [-0.4, -0.2) is 16.9 Å². The number of hydrogen-bond donors (Lipinski definition) is 0. The van der Waals surface area contributed by atoms with Crippen LogP contribution >= 0.6 is 11.8 Å². The highest BCUT2D eigenvalue weighted by atomic mass is 32.2. The Labute approximate surface area is 149 Å². The van der Waals surface area contributed by atoms with Crippen LogP contribution in [-0.2, 0) is 0 Å². The van der Waals surface area contributed by atoms with Gasteiger partial charge in [-0.3, -0.25) is 4.79 Å². The van der Waals surface area contributed by atoms with Gasteiger partial charge in [-0.2, -0.15) is 15.0 Å². The molecule has 0 fully saturated rings. The minimum absolute atomic E-state index is 0.101. The van der Waals surface area contributed by atoms with E-state index < -0.39 is 5.56 Å². The normalized spacial score (nSPS) is 10.3. The molecule has 0 aliphatic rings. The van der Waals surface area contributed by atoms with Crippen LogP contribution in [0.3, 0.4) is 0 Å². The average Bonchev–Trinajstić information content (AvgIpc) is 2.65. The Balaban J connectivity index is 2.13. The molecule has 0 atom stereocenters. The third-order valence-electron chi connectivity index (χ3n) is 3.68. The zero-order chi connectivity index (χ0) is 17.8. The largest absolute Gasteiger partial charge is 0.497 e. The first kappa shape index (κ1) is 16.8. The molecule has 0 radical (unpaired) electrons. The van der Waals surface area contributed by atoms with Gasteiger partial charge in [0.1, 0.15) is 22.4 Å². The molecule has 25 heavy (non-hydrogen) atoms. The molecule has 0 saturated heterocycles. The molecule has 6 heteroatoms. The third-order valence-corrected chi connectivity index (χ3v) is 4.77. The lowest BCUT2D eigenvalue weighted by atomic mass is 10.2. The second-order valence-electron chi connectivity index (χ2n) is 5.25. The van der Waals surface area contributed by atoms with Gasteiger partial charge >= 0.3 is 0 Å². The summed E-state index contributed by atoms with van der Waals surface area (Å²) in [4.78, 5) is 13.6. The molecule has 0 N–H and O–H groups in total. The van der Waals surface area contributed by atoms with Gasteiger partial charge in [0.25, 0.3) is 5.56 Å². The number of benzene rings is 2. The van der Waals surface area contributed by atoms with Crippen LogP contribution in [0.2, 0.25) is 0 Å². The summed E-state index contributed by atoms with van der Waals surface area (Å²) < 4.78 is 6.40. The van der Waals surface area contributed by atoms with E-state index in [1.165, 1.54) is 16.4 Å². The van der Waals surface area contributed by atoms with Gasteiger partial charge < -0.3 is 4.74 Å². The van der Waals surface area contributed by atoms with E-state index >= 15 is 0 Å². The fourth-order valence-electron chi connectivity index (χ4n) is 2.31. The molecule has 0 spiro atoms. The van der Waals surface area contributed by atoms with Gasteiger partial charge in [-0.25, -0.2) is 0 Å². The number of aromatic nitrogens is 2. The lowest BCUT2D eigenvalue weighted by molar-refractivity contribution is 0.414. The molecule has 3 rings (SSSR count). The molecular weight excluding hydrogens is 334 g/mol. The SMILES string of the molecule is COc1ccc(-n2nc(Sc3ccccc3)c(C)c(C#N)c2=O)cc1. The van der Waals surface area contributed by atoms with Crippen molar-refractivity contribution in [1.29, 1.82) is 5.26 Å². The van der Waals surface area contributed by atoms with Crippen LogP contribution in [0.25, 0.3) is 5.69 Å². The van der Waals surface area contributed by atoms with Crippen LogP contribution in [0.4, 0.5) is 0 Å². The van der Waals surface area contributed by atoms with Gasteiger partial charge in [0.2, 0.25) is 0 Å². The van der Waals surface area contributed by atoms with E-state index in [1.807, 2.05) is 36.4 Å². The smallest absolute Gasteiger partial charge is 0.289 e. The van der Waals surface area contributed by atoms with E-state index in [0.717, 1.165) is 4.90 Å². The maximum atomic E-state index is 12.6.